The van der Waals surface area contributed by atoms with Crippen molar-refractivity contribution in [1.29, 1.82) is 0 Å². The fraction of sp³-hybridized carbons (Fsp3) is 1.00. The Kier molecular flexibility index (Phi) is 6.87. The molecule has 6 nitrogen and oxygen atoms in total. The van der Waals surface area contributed by atoms with Crippen molar-refractivity contribution in [2.45, 2.75) is 39.2 Å². The van der Waals surface area contributed by atoms with E-state index < -0.39 is 15.8 Å². The van der Waals surface area contributed by atoms with Gasteiger partial charge in [0.05, 0.1) is 5.60 Å². The van der Waals surface area contributed by atoms with Gasteiger partial charge in [-0.2, -0.15) is 17.4 Å². The number of hydrogen-bond donors (Lipinski definition) is 2. The van der Waals surface area contributed by atoms with Crippen molar-refractivity contribution < 1.29 is 13.2 Å². The summed E-state index contributed by atoms with van der Waals surface area (Å²) in [6.45, 7) is 8.69. The van der Waals surface area contributed by atoms with Gasteiger partial charge < -0.3 is 10.1 Å². The van der Waals surface area contributed by atoms with E-state index in [1.807, 2.05) is 27.8 Å². The lowest BCUT2D eigenvalue weighted by Gasteiger charge is -2.32. The van der Waals surface area contributed by atoms with Crippen LogP contribution in [0.1, 0.15) is 33.6 Å². The molecule has 0 bridgehead atoms. The van der Waals surface area contributed by atoms with Crippen LogP contribution in [0.25, 0.3) is 0 Å². The van der Waals surface area contributed by atoms with Crippen LogP contribution >= 0.6 is 0 Å². The summed E-state index contributed by atoms with van der Waals surface area (Å²) in [6.07, 6.45) is 1.83. The Labute approximate surface area is 123 Å². The van der Waals surface area contributed by atoms with Crippen LogP contribution in [0.3, 0.4) is 0 Å². The van der Waals surface area contributed by atoms with Crippen LogP contribution in [-0.2, 0) is 14.9 Å². The van der Waals surface area contributed by atoms with Gasteiger partial charge in [0.25, 0.3) is 10.2 Å². The van der Waals surface area contributed by atoms with E-state index in [0.717, 1.165) is 19.4 Å². The fourth-order valence-electron chi connectivity index (χ4n) is 2.44. The standard InChI is InChI=1S/C13H29N3O3S/c1-5-19-13(2,3)11-15-20(17,18)16-8-6-12(7-9-16)10-14-4/h12,14-15H,5-11H2,1-4H3. The van der Waals surface area contributed by atoms with Gasteiger partial charge in [-0.3, -0.25) is 0 Å². The monoisotopic (exact) mass is 307 g/mol. The number of hydrogen-bond acceptors (Lipinski definition) is 4. The molecule has 1 heterocycles. The van der Waals surface area contributed by atoms with E-state index in [9.17, 15) is 8.42 Å². The maximum Gasteiger partial charge on any atom is 0.279 e. The van der Waals surface area contributed by atoms with Crippen LogP contribution in [0.2, 0.25) is 0 Å². The molecule has 0 spiro atoms. The summed E-state index contributed by atoms with van der Waals surface area (Å²) in [5.41, 5.74) is -0.480. The number of ether oxygens (including phenoxy) is 1. The molecule has 1 saturated heterocycles. The van der Waals surface area contributed by atoms with Crippen molar-refractivity contribution in [3.63, 3.8) is 0 Å². The maximum absolute atomic E-state index is 12.2. The molecule has 0 amide bonds. The Morgan fingerprint density at radius 2 is 1.90 bits per heavy atom. The first-order valence-electron chi connectivity index (χ1n) is 7.34. The van der Waals surface area contributed by atoms with Crippen molar-refractivity contribution in [1.82, 2.24) is 14.3 Å². The smallest absolute Gasteiger partial charge is 0.279 e. The Balaban J connectivity index is 2.46. The van der Waals surface area contributed by atoms with Crippen molar-refractivity contribution in [2.75, 3.05) is 39.8 Å². The van der Waals surface area contributed by atoms with Crippen LogP contribution in [0.15, 0.2) is 0 Å². The third-order valence-corrected chi connectivity index (χ3v) is 5.18. The molecule has 120 valence electrons. The lowest BCUT2D eigenvalue weighted by molar-refractivity contribution is -0.00543. The average Bonchev–Trinajstić information content (AvgIpc) is 2.38. The van der Waals surface area contributed by atoms with Gasteiger partial charge in [-0.25, -0.2) is 0 Å². The lowest BCUT2D eigenvalue weighted by atomic mass is 9.98. The minimum atomic E-state index is -3.39. The molecule has 0 atom stereocenters. The van der Waals surface area contributed by atoms with Gasteiger partial charge in [-0.05, 0) is 53.1 Å². The molecular formula is C13H29N3O3S. The summed E-state index contributed by atoms with van der Waals surface area (Å²) in [5.74, 6) is 0.575. The second kappa shape index (κ2) is 7.70. The van der Waals surface area contributed by atoms with Crippen LogP contribution in [0, 0.1) is 5.92 Å². The van der Waals surface area contributed by atoms with Gasteiger partial charge in [0.15, 0.2) is 0 Å². The largest absolute Gasteiger partial charge is 0.374 e. The Hall–Kier alpha value is -0.210. The molecule has 2 N–H and O–H groups in total. The maximum atomic E-state index is 12.2. The van der Waals surface area contributed by atoms with E-state index in [-0.39, 0.29) is 0 Å². The normalized spacial score (nSPS) is 19.4. The lowest BCUT2D eigenvalue weighted by Crippen LogP contribution is -2.49. The summed E-state index contributed by atoms with van der Waals surface area (Å²) >= 11 is 0. The molecule has 0 aromatic heterocycles. The van der Waals surface area contributed by atoms with Gasteiger partial charge in [0.2, 0.25) is 0 Å². The summed E-state index contributed by atoms with van der Waals surface area (Å²) in [7, 11) is -1.46. The molecule has 0 radical (unpaired) electrons. The average molecular weight is 307 g/mol. The van der Waals surface area contributed by atoms with Gasteiger partial charge >= 0.3 is 0 Å². The van der Waals surface area contributed by atoms with Gasteiger partial charge in [0.1, 0.15) is 0 Å². The second-order valence-corrected chi connectivity index (χ2v) is 7.67. The van der Waals surface area contributed by atoms with Crippen molar-refractivity contribution >= 4 is 10.2 Å². The highest BCUT2D eigenvalue weighted by atomic mass is 32.2. The topological polar surface area (TPSA) is 70.7 Å². The van der Waals surface area contributed by atoms with Crippen molar-refractivity contribution in [3.05, 3.63) is 0 Å². The van der Waals surface area contributed by atoms with Gasteiger partial charge in [-0.15, -0.1) is 0 Å². The highest BCUT2D eigenvalue weighted by molar-refractivity contribution is 7.87. The molecule has 1 aliphatic heterocycles. The van der Waals surface area contributed by atoms with Crippen molar-refractivity contribution in [2.24, 2.45) is 5.92 Å². The molecule has 0 aliphatic carbocycles. The van der Waals surface area contributed by atoms with Gasteiger partial charge in [0, 0.05) is 26.2 Å². The van der Waals surface area contributed by atoms with E-state index in [2.05, 4.69) is 10.0 Å². The molecule has 1 rings (SSSR count). The van der Waals surface area contributed by atoms with E-state index in [1.54, 1.807) is 4.31 Å². The third kappa shape index (κ3) is 5.65. The molecule has 0 unspecified atom stereocenters. The minimum absolute atomic E-state index is 0.291. The Morgan fingerprint density at radius 1 is 1.30 bits per heavy atom. The molecular weight excluding hydrogens is 278 g/mol. The highest BCUT2D eigenvalue weighted by Crippen LogP contribution is 2.18. The first-order chi connectivity index (χ1) is 9.30. The van der Waals surface area contributed by atoms with E-state index in [0.29, 0.717) is 32.2 Å². The zero-order valence-corrected chi connectivity index (χ0v) is 13.9. The molecule has 7 heteroatoms. The molecule has 0 aromatic rings. The quantitative estimate of drug-likeness (QED) is 0.688. The predicted octanol–water partition coefficient (Wildman–Crippen LogP) is 0.567. The van der Waals surface area contributed by atoms with Crippen LogP contribution in [-0.4, -0.2) is 58.2 Å². The minimum Gasteiger partial charge on any atom is -0.374 e. The van der Waals surface area contributed by atoms with E-state index >= 15 is 0 Å². The molecule has 1 aliphatic rings. The van der Waals surface area contributed by atoms with Crippen LogP contribution < -0.4 is 10.0 Å². The number of nitrogens with zero attached hydrogens (tertiary/aromatic N) is 1. The number of rotatable bonds is 8. The summed E-state index contributed by atoms with van der Waals surface area (Å²) in [5, 5.41) is 3.15. The second-order valence-electron chi connectivity index (χ2n) is 5.92. The third-order valence-electron chi connectivity index (χ3n) is 3.62. The molecule has 0 aromatic carbocycles. The van der Waals surface area contributed by atoms with E-state index in [4.69, 9.17) is 4.74 Å². The van der Waals surface area contributed by atoms with Crippen LogP contribution in [0.4, 0.5) is 0 Å². The predicted molar refractivity (Wildman–Crippen MR) is 80.9 cm³/mol. The van der Waals surface area contributed by atoms with E-state index in [1.165, 1.54) is 0 Å². The Morgan fingerprint density at radius 3 is 2.40 bits per heavy atom. The summed E-state index contributed by atoms with van der Waals surface area (Å²) < 4.78 is 34.2. The zero-order valence-electron chi connectivity index (χ0n) is 13.1. The number of nitrogens with one attached hydrogen (secondary N) is 2. The molecule has 1 fully saturated rings. The number of piperidine rings is 1. The zero-order chi connectivity index (χ0) is 15.2. The Bertz CT molecular complexity index is 376. The van der Waals surface area contributed by atoms with Gasteiger partial charge in [-0.1, -0.05) is 0 Å². The van der Waals surface area contributed by atoms with Crippen LogP contribution in [0.5, 0.6) is 0 Å². The summed E-state index contributed by atoms with van der Waals surface area (Å²) in [4.78, 5) is 0. The first-order valence-corrected chi connectivity index (χ1v) is 8.78. The fourth-order valence-corrected chi connectivity index (χ4v) is 3.84. The molecule has 20 heavy (non-hydrogen) atoms. The highest BCUT2D eigenvalue weighted by Gasteiger charge is 2.29. The molecule has 0 saturated carbocycles. The summed E-state index contributed by atoms with van der Waals surface area (Å²) in [6, 6.07) is 0. The van der Waals surface area contributed by atoms with Crippen molar-refractivity contribution in [3.8, 4) is 0 Å². The SMILES string of the molecule is CCOC(C)(C)CNS(=O)(=O)N1CCC(CNC)CC1. The first kappa shape index (κ1) is 17.8.